The van der Waals surface area contributed by atoms with Gasteiger partial charge in [0, 0.05) is 30.0 Å². The lowest BCUT2D eigenvalue weighted by Crippen LogP contribution is -2.39. The van der Waals surface area contributed by atoms with Crippen LogP contribution in [0, 0.1) is 5.92 Å². The van der Waals surface area contributed by atoms with Crippen molar-refractivity contribution in [2.45, 2.75) is 44.8 Å². The molecule has 108 valence electrons. The van der Waals surface area contributed by atoms with Crippen molar-refractivity contribution in [2.24, 2.45) is 5.92 Å². The molecular weight excluding hydrogens is 252 g/mol. The van der Waals surface area contributed by atoms with Gasteiger partial charge in [0.05, 0.1) is 0 Å². The molecule has 1 aliphatic carbocycles. The standard InChI is InChI=1S/C16H22N2O2/c1-10-5-3-4-6-14(10)18(2)11-7-8-12-13(9-11)17-16(20)15(12)19/h7-10,14-15,19H,3-6H2,1-2H3,(H,17,20). The van der Waals surface area contributed by atoms with E-state index in [2.05, 4.69) is 24.2 Å². The predicted octanol–water partition coefficient (Wildman–Crippen LogP) is 2.69. The van der Waals surface area contributed by atoms with Crippen molar-refractivity contribution in [3.8, 4) is 0 Å². The topological polar surface area (TPSA) is 52.6 Å². The zero-order valence-electron chi connectivity index (χ0n) is 12.1. The van der Waals surface area contributed by atoms with E-state index in [1.165, 1.54) is 25.7 Å². The summed E-state index contributed by atoms with van der Waals surface area (Å²) in [5, 5.41) is 12.5. The Morgan fingerprint density at radius 2 is 2.05 bits per heavy atom. The Bertz CT molecular complexity index is 529. The number of amides is 1. The van der Waals surface area contributed by atoms with Gasteiger partial charge in [-0.1, -0.05) is 25.8 Å². The van der Waals surface area contributed by atoms with E-state index in [1.54, 1.807) is 0 Å². The Kier molecular flexibility index (Phi) is 3.42. The molecule has 1 aliphatic heterocycles. The van der Waals surface area contributed by atoms with Crippen LogP contribution in [0.5, 0.6) is 0 Å². The van der Waals surface area contributed by atoms with Crippen LogP contribution in [0.3, 0.4) is 0 Å². The highest BCUT2D eigenvalue weighted by molar-refractivity contribution is 6.02. The molecule has 1 aromatic carbocycles. The van der Waals surface area contributed by atoms with Gasteiger partial charge in [-0.3, -0.25) is 4.79 Å². The third-order valence-corrected chi connectivity index (χ3v) is 4.81. The summed E-state index contributed by atoms with van der Waals surface area (Å²) in [6, 6.07) is 6.40. The minimum atomic E-state index is -1.02. The second-order valence-corrected chi connectivity index (χ2v) is 6.10. The van der Waals surface area contributed by atoms with E-state index in [4.69, 9.17) is 0 Å². The van der Waals surface area contributed by atoms with Crippen molar-refractivity contribution in [3.05, 3.63) is 23.8 Å². The Morgan fingerprint density at radius 3 is 2.80 bits per heavy atom. The highest BCUT2D eigenvalue weighted by Crippen LogP contribution is 2.36. The van der Waals surface area contributed by atoms with Crippen LogP contribution in [0.1, 0.15) is 44.3 Å². The highest BCUT2D eigenvalue weighted by atomic mass is 16.3. The Balaban J connectivity index is 1.84. The number of carbonyl (C=O) groups is 1. The first-order valence-corrected chi connectivity index (χ1v) is 7.43. The smallest absolute Gasteiger partial charge is 0.257 e. The molecule has 4 nitrogen and oxygen atoms in total. The fraction of sp³-hybridized carbons (Fsp3) is 0.562. The van der Waals surface area contributed by atoms with Crippen molar-refractivity contribution < 1.29 is 9.90 Å². The molecule has 1 saturated carbocycles. The van der Waals surface area contributed by atoms with Crippen LogP contribution in [0.15, 0.2) is 18.2 Å². The maximum Gasteiger partial charge on any atom is 0.257 e. The number of anilines is 2. The molecule has 0 aromatic heterocycles. The predicted molar refractivity (Wildman–Crippen MR) is 79.9 cm³/mol. The summed E-state index contributed by atoms with van der Waals surface area (Å²) in [5.41, 5.74) is 2.54. The first-order valence-electron chi connectivity index (χ1n) is 7.43. The zero-order valence-corrected chi connectivity index (χ0v) is 12.1. The number of hydrogen-bond donors (Lipinski definition) is 2. The van der Waals surface area contributed by atoms with E-state index in [-0.39, 0.29) is 5.91 Å². The summed E-state index contributed by atoms with van der Waals surface area (Å²) in [6.45, 7) is 2.32. The van der Waals surface area contributed by atoms with Crippen molar-refractivity contribution in [3.63, 3.8) is 0 Å². The number of aliphatic hydroxyl groups is 1. The molecule has 0 bridgehead atoms. The van der Waals surface area contributed by atoms with Gasteiger partial charge in [-0.2, -0.15) is 0 Å². The van der Waals surface area contributed by atoms with Crippen LogP contribution in [-0.4, -0.2) is 24.1 Å². The number of nitrogens with one attached hydrogen (secondary N) is 1. The van der Waals surface area contributed by atoms with E-state index < -0.39 is 6.10 Å². The van der Waals surface area contributed by atoms with Crippen LogP contribution in [0.4, 0.5) is 11.4 Å². The average Bonchev–Trinajstić information content (AvgIpc) is 2.73. The Morgan fingerprint density at radius 1 is 1.30 bits per heavy atom. The first kappa shape index (κ1) is 13.4. The van der Waals surface area contributed by atoms with Gasteiger partial charge in [0.2, 0.25) is 0 Å². The van der Waals surface area contributed by atoms with Gasteiger partial charge in [-0.15, -0.1) is 0 Å². The van der Waals surface area contributed by atoms with Crippen LogP contribution >= 0.6 is 0 Å². The summed E-state index contributed by atoms with van der Waals surface area (Å²) in [5.74, 6) is 0.369. The molecule has 4 heteroatoms. The fourth-order valence-corrected chi connectivity index (χ4v) is 3.52. The molecule has 2 aliphatic rings. The van der Waals surface area contributed by atoms with Crippen molar-refractivity contribution in [1.29, 1.82) is 0 Å². The maximum atomic E-state index is 11.5. The summed E-state index contributed by atoms with van der Waals surface area (Å²) in [7, 11) is 2.13. The van der Waals surface area contributed by atoms with Crippen molar-refractivity contribution in [1.82, 2.24) is 0 Å². The van der Waals surface area contributed by atoms with Gasteiger partial charge in [0.1, 0.15) is 0 Å². The molecule has 20 heavy (non-hydrogen) atoms. The van der Waals surface area contributed by atoms with Gasteiger partial charge >= 0.3 is 0 Å². The lowest BCUT2D eigenvalue weighted by molar-refractivity contribution is -0.123. The second kappa shape index (κ2) is 5.09. The van der Waals surface area contributed by atoms with Crippen LogP contribution < -0.4 is 10.2 Å². The summed E-state index contributed by atoms with van der Waals surface area (Å²) >= 11 is 0. The van der Waals surface area contributed by atoms with E-state index in [0.29, 0.717) is 17.5 Å². The summed E-state index contributed by atoms with van der Waals surface area (Å²) in [6.07, 6.45) is 4.12. The third-order valence-electron chi connectivity index (χ3n) is 4.81. The number of benzene rings is 1. The minimum absolute atomic E-state index is 0.328. The first-order chi connectivity index (χ1) is 9.58. The average molecular weight is 274 g/mol. The van der Waals surface area contributed by atoms with Gasteiger partial charge in [-0.25, -0.2) is 0 Å². The molecule has 2 N–H and O–H groups in total. The molecule has 0 spiro atoms. The number of aliphatic hydroxyl groups excluding tert-OH is 1. The van der Waals surface area contributed by atoms with E-state index in [9.17, 15) is 9.90 Å². The molecule has 1 aromatic rings. The van der Waals surface area contributed by atoms with E-state index in [0.717, 1.165) is 11.4 Å². The molecule has 3 atom stereocenters. The van der Waals surface area contributed by atoms with Crippen LogP contribution in [-0.2, 0) is 4.79 Å². The molecular formula is C16H22N2O2. The number of hydrogen-bond acceptors (Lipinski definition) is 3. The SMILES string of the molecule is CC1CCCCC1N(C)c1ccc2c(c1)NC(=O)C2O. The number of rotatable bonds is 2. The molecule has 1 amide bonds. The molecule has 1 heterocycles. The molecule has 0 radical (unpaired) electrons. The molecule has 1 fully saturated rings. The van der Waals surface area contributed by atoms with Crippen LogP contribution in [0.25, 0.3) is 0 Å². The quantitative estimate of drug-likeness (QED) is 0.872. The highest BCUT2D eigenvalue weighted by Gasteiger charge is 2.30. The molecule has 3 rings (SSSR count). The summed E-state index contributed by atoms with van der Waals surface area (Å²) in [4.78, 5) is 13.8. The van der Waals surface area contributed by atoms with Crippen molar-refractivity contribution >= 4 is 17.3 Å². The van der Waals surface area contributed by atoms with Gasteiger partial charge in [0.15, 0.2) is 6.10 Å². The molecule has 0 saturated heterocycles. The second-order valence-electron chi connectivity index (χ2n) is 6.10. The largest absolute Gasteiger partial charge is 0.378 e. The van der Waals surface area contributed by atoms with Gasteiger partial charge in [0.25, 0.3) is 5.91 Å². The number of nitrogens with zero attached hydrogens (tertiary/aromatic N) is 1. The Labute approximate surface area is 119 Å². The summed E-state index contributed by atoms with van der Waals surface area (Å²) < 4.78 is 0. The lowest BCUT2D eigenvalue weighted by atomic mass is 9.85. The Hall–Kier alpha value is -1.55. The maximum absolute atomic E-state index is 11.5. The fourth-order valence-electron chi connectivity index (χ4n) is 3.52. The van der Waals surface area contributed by atoms with E-state index in [1.807, 2.05) is 18.2 Å². The number of carbonyl (C=O) groups excluding carboxylic acids is 1. The normalized spacial score (nSPS) is 28.9. The number of fused-ring (bicyclic) bond motifs is 1. The van der Waals surface area contributed by atoms with E-state index >= 15 is 0 Å². The van der Waals surface area contributed by atoms with Crippen molar-refractivity contribution in [2.75, 3.05) is 17.3 Å². The monoisotopic (exact) mass is 274 g/mol. The van der Waals surface area contributed by atoms with Gasteiger partial charge in [-0.05, 0) is 30.9 Å². The minimum Gasteiger partial charge on any atom is -0.378 e. The molecule has 3 unspecified atom stereocenters. The lowest BCUT2D eigenvalue weighted by Gasteiger charge is -2.37. The van der Waals surface area contributed by atoms with Crippen LogP contribution in [0.2, 0.25) is 0 Å². The zero-order chi connectivity index (χ0) is 14.3. The third kappa shape index (κ3) is 2.18. The van der Waals surface area contributed by atoms with Gasteiger partial charge < -0.3 is 15.3 Å².